The quantitative estimate of drug-likeness (QED) is 0.612. The fourth-order valence-corrected chi connectivity index (χ4v) is 3.23. The van der Waals surface area contributed by atoms with Gasteiger partial charge in [-0.15, -0.1) is 10.2 Å². The minimum absolute atomic E-state index is 0.169. The largest absolute Gasteiger partial charge is 0.480 e. The van der Waals surface area contributed by atoms with E-state index >= 15 is 0 Å². The van der Waals surface area contributed by atoms with Crippen molar-refractivity contribution in [3.8, 4) is 11.7 Å². The van der Waals surface area contributed by atoms with Gasteiger partial charge in [0.25, 0.3) is 5.91 Å². The van der Waals surface area contributed by atoms with Crippen molar-refractivity contribution < 1.29 is 13.9 Å². The molecule has 1 atom stereocenters. The molecular formula is C21H25FN6O2. The smallest absolute Gasteiger partial charge is 0.254 e. The van der Waals surface area contributed by atoms with Gasteiger partial charge in [0.2, 0.25) is 5.88 Å². The summed E-state index contributed by atoms with van der Waals surface area (Å²) in [6, 6.07) is 9.64. The first-order chi connectivity index (χ1) is 14.4. The summed E-state index contributed by atoms with van der Waals surface area (Å²) in [6.45, 7) is 2.27. The molecule has 0 aliphatic rings. The molecule has 1 aromatic carbocycles. The first-order valence-corrected chi connectivity index (χ1v) is 9.59. The number of amides is 1. The van der Waals surface area contributed by atoms with Crippen molar-refractivity contribution in [2.24, 2.45) is 0 Å². The summed E-state index contributed by atoms with van der Waals surface area (Å²) in [5.74, 6) is 0.343. The molecule has 3 rings (SSSR count). The lowest BCUT2D eigenvalue weighted by atomic mass is 10.1. The number of methoxy groups -OCH3 is 1. The summed E-state index contributed by atoms with van der Waals surface area (Å²) < 4.78 is 20.3. The monoisotopic (exact) mass is 412 g/mol. The Morgan fingerprint density at radius 2 is 2.07 bits per heavy atom. The second kappa shape index (κ2) is 9.45. The SMILES string of the molecule is CCc1c(C(=O)NCC(c2cccc(F)c2)N(C)C)cnn1-c1ccc(OC)nn1. The fraction of sp³-hybridized carbons (Fsp3) is 0.333. The predicted molar refractivity (Wildman–Crippen MR) is 110 cm³/mol. The number of hydrogen-bond donors (Lipinski definition) is 1. The Balaban J connectivity index is 1.78. The lowest BCUT2D eigenvalue weighted by Crippen LogP contribution is -2.34. The first-order valence-electron chi connectivity index (χ1n) is 9.59. The van der Waals surface area contributed by atoms with Gasteiger partial charge < -0.3 is 15.0 Å². The number of ether oxygens (including phenoxy) is 1. The van der Waals surface area contributed by atoms with Crippen LogP contribution in [0.25, 0.3) is 5.82 Å². The molecule has 0 saturated carbocycles. The van der Waals surface area contributed by atoms with Crippen molar-refractivity contribution in [1.82, 2.24) is 30.2 Å². The number of likely N-dealkylation sites (N-methyl/N-ethyl adjacent to an activating group) is 1. The summed E-state index contributed by atoms with van der Waals surface area (Å²) in [5, 5.41) is 15.3. The van der Waals surface area contributed by atoms with Crippen LogP contribution in [0.3, 0.4) is 0 Å². The Kier molecular flexibility index (Phi) is 6.73. The number of carbonyl (C=O) groups is 1. The third-order valence-corrected chi connectivity index (χ3v) is 4.81. The summed E-state index contributed by atoms with van der Waals surface area (Å²) in [5.41, 5.74) is 1.98. The zero-order chi connectivity index (χ0) is 21.7. The van der Waals surface area contributed by atoms with E-state index in [0.717, 1.165) is 11.3 Å². The zero-order valence-electron chi connectivity index (χ0n) is 17.5. The van der Waals surface area contributed by atoms with Crippen LogP contribution in [-0.2, 0) is 6.42 Å². The summed E-state index contributed by atoms with van der Waals surface area (Å²) >= 11 is 0. The number of halogens is 1. The van der Waals surface area contributed by atoms with Gasteiger partial charge in [0.1, 0.15) is 5.82 Å². The fourth-order valence-electron chi connectivity index (χ4n) is 3.23. The normalized spacial score (nSPS) is 12.1. The molecule has 0 fully saturated rings. The van der Waals surface area contributed by atoms with Crippen LogP contribution < -0.4 is 10.1 Å². The van der Waals surface area contributed by atoms with Crippen LogP contribution in [0, 0.1) is 5.82 Å². The number of aromatic nitrogens is 4. The summed E-state index contributed by atoms with van der Waals surface area (Å²) in [7, 11) is 5.29. The van der Waals surface area contributed by atoms with Crippen molar-refractivity contribution in [1.29, 1.82) is 0 Å². The number of benzene rings is 1. The molecule has 0 aliphatic heterocycles. The second-order valence-corrected chi connectivity index (χ2v) is 6.95. The average molecular weight is 412 g/mol. The lowest BCUT2D eigenvalue weighted by Gasteiger charge is -2.25. The Morgan fingerprint density at radius 1 is 1.27 bits per heavy atom. The van der Waals surface area contributed by atoms with Crippen molar-refractivity contribution in [2.75, 3.05) is 27.7 Å². The summed E-state index contributed by atoms with van der Waals surface area (Å²) in [6.07, 6.45) is 2.10. The molecule has 158 valence electrons. The van der Waals surface area contributed by atoms with Crippen LogP contribution in [0.1, 0.15) is 34.6 Å². The van der Waals surface area contributed by atoms with Crippen LogP contribution in [0.4, 0.5) is 4.39 Å². The van der Waals surface area contributed by atoms with E-state index in [1.54, 1.807) is 22.9 Å². The molecule has 8 nitrogen and oxygen atoms in total. The Labute approximate surface area is 174 Å². The van der Waals surface area contributed by atoms with Crippen molar-refractivity contribution >= 4 is 5.91 Å². The van der Waals surface area contributed by atoms with E-state index in [4.69, 9.17) is 4.74 Å². The van der Waals surface area contributed by atoms with Gasteiger partial charge in [0.05, 0.1) is 30.6 Å². The molecule has 1 N–H and O–H groups in total. The number of carbonyl (C=O) groups excluding carboxylic acids is 1. The zero-order valence-corrected chi connectivity index (χ0v) is 17.5. The molecule has 9 heteroatoms. The number of nitrogens with one attached hydrogen (secondary N) is 1. The van der Waals surface area contributed by atoms with Crippen LogP contribution in [0.5, 0.6) is 5.88 Å². The molecule has 1 unspecified atom stereocenters. The summed E-state index contributed by atoms with van der Waals surface area (Å²) in [4.78, 5) is 14.8. The first kappa shape index (κ1) is 21.4. The van der Waals surface area contributed by atoms with Gasteiger partial charge in [-0.3, -0.25) is 4.79 Å². The molecular weight excluding hydrogens is 387 g/mol. The molecule has 2 aromatic heterocycles. The molecule has 2 heterocycles. The van der Waals surface area contributed by atoms with E-state index in [-0.39, 0.29) is 17.8 Å². The Bertz CT molecular complexity index is 1000. The maximum absolute atomic E-state index is 13.6. The van der Waals surface area contributed by atoms with Gasteiger partial charge in [-0.1, -0.05) is 19.1 Å². The van der Waals surface area contributed by atoms with Gasteiger partial charge in [-0.25, -0.2) is 9.07 Å². The van der Waals surface area contributed by atoms with Crippen molar-refractivity contribution in [3.63, 3.8) is 0 Å². The number of hydrogen-bond acceptors (Lipinski definition) is 6. The van der Waals surface area contributed by atoms with Crippen LogP contribution in [0.15, 0.2) is 42.6 Å². The molecule has 0 spiro atoms. The van der Waals surface area contributed by atoms with Gasteiger partial charge in [-0.2, -0.15) is 5.10 Å². The van der Waals surface area contributed by atoms with Gasteiger partial charge in [-0.05, 0) is 44.3 Å². The van der Waals surface area contributed by atoms with Gasteiger partial charge in [0.15, 0.2) is 5.82 Å². The van der Waals surface area contributed by atoms with E-state index in [9.17, 15) is 9.18 Å². The van der Waals surface area contributed by atoms with E-state index in [1.807, 2.05) is 32.0 Å². The maximum atomic E-state index is 13.6. The van der Waals surface area contributed by atoms with E-state index < -0.39 is 0 Å². The van der Waals surface area contributed by atoms with Crippen LogP contribution in [0.2, 0.25) is 0 Å². The molecule has 1 amide bonds. The lowest BCUT2D eigenvalue weighted by molar-refractivity contribution is 0.0941. The number of nitrogens with zero attached hydrogens (tertiary/aromatic N) is 5. The minimum Gasteiger partial charge on any atom is -0.480 e. The highest BCUT2D eigenvalue weighted by atomic mass is 19.1. The molecule has 3 aromatic rings. The molecule has 0 saturated heterocycles. The molecule has 30 heavy (non-hydrogen) atoms. The van der Waals surface area contributed by atoms with Crippen molar-refractivity contribution in [2.45, 2.75) is 19.4 Å². The maximum Gasteiger partial charge on any atom is 0.254 e. The molecule has 0 aliphatic carbocycles. The van der Waals surface area contributed by atoms with Crippen molar-refractivity contribution in [3.05, 3.63) is 65.2 Å². The minimum atomic E-state index is -0.305. The van der Waals surface area contributed by atoms with E-state index in [1.165, 1.54) is 25.4 Å². The van der Waals surface area contributed by atoms with E-state index in [2.05, 4.69) is 20.6 Å². The molecule has 0 radical (unpaired) electrons. The second-order valence-electron chi connectivity index (χ2n) is 6.95. The third-order valence-electron chi connectivity index (χ3n) is 4.81. The molecule has 0 bridgehead atoms. The van der Waals surface area contributed by atoms with Crippen LogP contribution >= 0.6 is 0 Å². The third kappa shape index (κ3) is 4.62. The highest BCUT2D eigenvalue weighted by molar-refractivity contribution is 5.95. The average Bonchev–Trinajstić information content (AvgIpc) is 3.18. The van der Waals surface area contributed by atoms with Gasteiger partial charge in [0, 0.05) is 12.6 Å². The topological polar surface area (TPSA) is 85.2 Å². The Morgan fingerprint density at radius 3 is 2.67 bits per heavy atom. The van der Waals surface area contributed by atoms with Gasteiger partial charge >= 0.3 is 0 Å². The standard InChI is InChI=1S/C21H25FN6O2/c1-5-17-16(12-24-28(17)19-9-10-20(30-4)26-25-19)21(29)23-13-18(27(2)3)14-7-6-8-15(22)11-14/h6-12,18H,5,13H2,1-4H3,(H,23,29). The highest BCUT2D eigenvalue weighted by Gasteiger charge is 2.21. The predicted octanol–water partition coefficient (Wildman–Crippen LogP) is 2.41. The van der Waals surface area contributed by atoms with Crippen LogP contribution in [-0.4, -0.2) is 58.5 Å². The Hall–Kier alpha value is -3.33. The number of rotatable bonds is 8. The van der Waals surface area contributed by atoms with E-state index in [0.29, 0.717) is 30.2 Å². The highest BCUT2D eigenvalue weighted by Crippen LogP contribution is 2.19.